The summed E-state index contributed by atoms with van der Waals surface area (Å²) < 4.78 is 37.6. The first-order valence-electron chi connectivity index (χ1n) is 8.34. The summed E-state index contributed by atoms with van der Waals surface area (Å²) in [6, 6.07) is 2.69. The third kappa shape index (κ3) is 6.21. The van der Waals surface area contributed by atoms with Crippen LogP contribution in [0.3, 0.4) is 0 Å². The van der Waals surface area contributed by atoms with Gasteiger partial charge in [-0.15, -0.1) is 0 Å². The van der Waals surface area contributed by atoms with Crippen LogP contribution >= 0.6 is 34.8 Å². The summed E-state index contributed by atoms with van der Waals surface area (Å²) >= 11 is 18.0. The first-order valence-corrected chi connectivity index (χ1v) is 10.9. The van der Waals surface area contributed by atoms with E-state index in [2.05, 4.69) is 0 Å². The molecule has 1 aromatic rings. The molecule has 0 bridgehead atoms. The summed E-state index contributed by atoms with van der Waals surface area (Å²) in [6.07, 6.45) is 0.608. The van der Waals surface area contributed by atoms with E-state index in [1.54, 1.807) is 20.8 Å². The van der Waals surface area contributed by atoms with Crippen LogP contribution in [-0.4, -0.2) is 50.6 Å². The fraction of sp³-hybridized carbons (Fsp3) is 0.588. The van der Waals surface area contributed by atoms with Gasteiger partial charge in [0.2, 0.25) is 10.0 Å². The van der Waals surface area contributed by atoms with Crippen LogP contribution in [0.5, 0.6) is 0 Å². The third-order valence-corrected chi connectivity index (χ3v) is 6.81. The van der Waals surface area contributed by atoms with Crippen LogP contribution in [0.4, 0.5) is 0 Å². The number of halogens is 3. The first-order chi connectivity index (χ1) is 12.4. The number of ether oxygens (including phenoxy) is 2. The molecule has 1 atom stereocenters. The van der Waals surface area contributed by atoms with Gasteiger partial charge in [-0.25, -0.2) is 13.2 Å². The van der Waals surface area contributed by atoms with Gasteiger partial charge in [-0.3, -0.25) is 0 Å². The number of carbonyl (C=O) groups is 1. The van der Waals surface area contributed by atoms with Crippen LogP contribution in [0.25, 0.3) is 0 Å². The molecule has 0 aliphatic carbocycles. The van der Waals surface area contributed by atoms with Crippen molar-refractivity contribution in [3.8, 4) is 0 Å². The maximum atomic E-state index is 12.9. The maximum Gasteiger partial charge on any atom is 0.332 e. The highest BCUT2D eigenvalue weighted by Crippen LogP contribution is 2.36. The van der Waals surface area contributed by atoms with Gasteiger partial charge in [0.15, 0.2) is 0 Å². The van der Waals surface area contributed by atoms with Gasteiger partial charge >= 0.3 is 5.97 Å². The lowest BCUT2D eigenvalue weighted by molar-refractivity contribution is -0.160. The zero-order valence-corrected chi connectivity index (χ0v) is 18.4. The summed E-state index contributed by atoms with van der Waals surface area (Å²) in [4.78, 5) is 11.5. The van der Waals surface area contributed by atoms with E-state index in [9.17, 15) is 13.2 Å². The van der Waals surface area contributed by atoms with E-state index in [4.69, 9.17) is 44.3 Å². The van der Waals surface area contributed by atoms with Crippen molar-refractivity contribution in [1.29, 1.82) is 0 Å². The van der Waals surface area contributed by atoms with E-state index in [-0.39, 0.29) is 45.6 Å². The second kappa shape index (κ2) is 8.84. The zero-order chi connectivity index (χ0) is 20.4. The van der Waals surface area contributed by atoms with Crippen molar-refractivity contribution in [2.75, 3.05) is 26.3 Å². The molecule has 152 valence electrons. The van der Waals surface area contributed by atoms with Gasteiger partial charge in [0.1, 0.15) is 17.1 Å². The van der Waals surface area contributed by atoms with E-state index in [0.29, 0.717) is 13.0 Å². The molecule has 0 radical (unpaired) electrons. The number of rotatable bonds is 6. The Bertz CT molecular complexity index is 784. The highest BCUT2D eigenvalue weighted by molar-refractivity contribution is 7.89. The molecule has 0 amide bonds. The monoisotopic (exact) mass is 457 g/mol. The Labute approximate surface area is 174 Å². The Morgan fingerprint density at radius 1 is 1.22 bits per heavy atom. The lowest BCUT2D eigenvalue weighted by Crippen LogP contribution is -2.30. The van der Waals surface area contributed by atoms with Gasteiger partial charge in [-0.1, -0.05) is 34.8 Å². The third-order valence-electron chi connectivity index (χ3n) is 3.80. The van der Waals surface area contributed by atoms with Crippen molar-refractivity contribution in [1.82, 2.24) is 4.31 Å². The Morgan fingerprint density at radius 2 is 1.81 bits per heavy atom. The summed E-state index contributed by atoms with van der Waals surface area (Å²) in [6.45, 7) is 5.99. The summed E-state index contributed by atoms with van der Waals surface area (Å²) in [7, 11) is -3.85. The highest BCUT2D eigenvalue weighted by Gasteiger charge is 2.35. The highest BCUT2D eigenvalue weighted by atomic mass is 35.5. The standard InChI is InChI=1S/C17H22Cl3NO5S/c1-17(2,3)26-15(22)10-25-9-11-4-5-21(8-11)27(23,24)16-13(19)6-12(18)7-14(16)20/h6-7,11H,4-5,8-10H2,1-3H3. The maximum absolute atomic E-state index is 12.9. The normalized spacial score (nSPS) is 18.7. The van der Waals surface area contributed by atoms with Gasteiger partial charge in [-0.05, 0) is 45.2 Å². The van der Waals surface area contributed by atoms with Gasteiger partial charge in [0, 0.05) is 18.1 Å². The molecule has 0 spiro atoms. The van der Waals surface area contributed by atoms with Crippen molar-refractivity contribution in [3.63, 3.8) is 0 Å². The summed E-state index contributed by atoms with van der Waals surface area (Å²) in [5, 5.41) is 0.230. The van der Waals surface area contributed by atoms with E-state index in [1.165, 1.54) is 16.4 Å². The molecule has 0 aromatic heterocycles. The van der Waals surface area contributed by atoms with Crippen molar-refractivity contribution >= 4 is 50.8 Å². The van der Waals surface area contributed by atoms with Crippen LogP contribution in [-0.2, 0) is 24.3 Å². The van der Waals surface area contributed by atoms with E-state index < -0.39 is 21.6 Å². The van der Waals surface area contributed by atoms with Gasteiger partial charge < -0.3 is 9.47 Å². The fourth-order valence-electron chi connectivity index (χ4n) is 2.74. The number of hydrogen-bond donors (Lipinski definition) is 0. The van der Waals surface area contributed by atoms with Gasteiger partial charge in [-0.2, -0.15) is 4.31 Å². The molecular formula is C17H22Cl3NO5S. The van der Waals surface area contributed by atoms with Crippen LogP contribution in [0.1, 0.15) is 27.2 Å². The van der Waals surface area contributed by atoms with Crippen LogP contribution in [0, 0.1) is 5.92 Å². The topological polar surface area (TPSA) is 72.9 Å². The smallest absolute Gasteiger partial charge is 0.332 e. The average Bonchev–Trinajstić information content (AvgIpc) is 2.93. The minimum atomic E-state index is -3.85. The number of benzene rings is 1. The lowest BCUT2D eigenvalue weighted by atomic mass is 10.1. The van der Waals surface area contributed by atoms with Crippen molar-refractivity contribution in [2.24, 2.45) is 5.92 Å². The molecule has 6 nitrogen and oxygen atoms in total. The molecule has 2 rings (SSSR count). The molecule has 27 heavy (non-hydrogen) atoms. The van der Waals surface area contributed by atoms with Crippen molar-refractivity contribution < 1.29 is 22.7 Å². The second-order valence-corrected chi connectivity index (χ2v) is 10.4. The molecule has 0 N–H and O–H groups in total. The predicted molar refractivity (Wildman–Crippen MR) is 105 cm³/mol. The zero-order valence-electron chi connectivity index (χ0n) is 15.3. The number of nitrogens with zero attached hydrogens (tertiary/aromatic N) is 1. The van der Waals surface area contributed by atoms with Crippen molar-refractivity contribution in [2.45, 2.75) is 37.7 Å². The Balaban J connectivity index is 1.95. The Hall–Kier alpha value is -0.570. The quantitative estimate of drug-likeness (QED) is 0.602. The molecular weight excluding hydrogens is 437 g/mol. The lowest BCUT2D eigenvalue weighted by Gasteiger charge is -2.20. The van der Waals surface area contributed by atoms with E-state index in [1.807, 2.05) is 0 Å². The molecule has 1 saturated heterocycles. The molecule has 10 heteroatoms. The summed E-state index contributed by atoms with van der Waals surface area (Å²) in [5.41, 5.74) is -0.574. The molecule has 1 aliphatic rings. The average molecular weight is 459 g/mol. The van der Waals surface area contributed by atoms with E-state index in [0.717, 1.165) is 0 Å². The van der Waals surface area contributed by atoms with Gasteiger partial charge in [0.05, 0.1) is 16.7 Å². The van der Waals surface area contributed by atoms with Crippen LogP contribution in [0.15, 0.2) is 17.0 Å². The Morgan fingerprint density at radius 3 is 2.37 bits per heavy atom. The van der Waals surface area contributed by atoms with Crippen LogP contribution in [0.2, 0.25) is 15.1 Å². The minimum Gasteiger partial charge on any atom is -0.458 e. The number of carbonyl (C=O) groups excluding carboxylic acids is 1. The molecule has 1 aliphatic heterocycles. The molecule has 1 aromatic carbocycles. The molecule has 1 unspecified atom stereocenters. The number of sulfonamides is 1. The molecule has 1 heterocycles. The molecule has 0 saturated carbocycles. The van der Waals surface area contributed by atoms with E-state index >= 15 is 0 Å². The minimum absolute atomic E-state index is 0.0166. The number of esters is 1. The summed E-state index contributed by atoms with van der Waals surface area (Å²) in [5.74, 6) is -0.489. The van der Waals surface area contributed by atoms with Crippen molar-refractivity contribution in [3.05, 3.63) is 27.2 Å². The second-order valence-electron chi connectivity index (χ2n) is 7.32. The van der Waals surface area contributed by atoms with Crippen LogP contribution < -0.4 is 0 Å². The largest absolute Gasteiger partial charge is 0.458 e. The Kier molecular flexibility index (Phi) is 7.44. The SMILES string of the molecule is CC(C)(C)OC(=O)COCC1CCN(S(=O)(=O)c2c(Cl)cc(Cl)cc2Cl)C1. The first kappa shape index (κ1) is 22.7. The number of hydrogen-bond acceptors (Lipinski definition) is 5. The van der Waals surface area contributed by atoms with Gasteiger partial charge in [0.25, 0.3) is 0 Å². The molecule has 1 fully saturated rings. The fourth-order valence-corrected chi connectivity index (χ4v) is 5.76. The predicted octanol–water partition coefficient (Wildman–Crippen LogP) is 4.02.